The summed E-state index contributed by atoms with van der Waals surface area (Å²) in [7, 11) is 0. The summed E-state index contributed by atoms with van der Waals surface area (Å²) < 4.78 is 5.17. The van der Waals surface area contributed by atoms with Gasteiger partial charge in [-0.25, -0.2) is 0 Å². The number of aryl methyl sites for hydroxylation is 1. The van der Waals surface area contributed by atoms with Crippen LogP contribution in [0.5, 0.6) is 0 Å². The summed E-state index contributed by atoms with van der Waals surface area (Å²) in [6, 6.07) is 12.5. The minimum absolute atomic E-state index is 0.0177. The molecule has 138 valence electrons. The molecular formula is C21H21N3O3. The molecular weight excluding hydrogens is 342 g/mol. The summed E-state index contributed by atoms with van der Waals surface area (Å²) in [5.41, 5.74) is 3.44. The van der Waals surface area contributed by atoms with Crippen LogP contribution in [-0.4, -0.2) is 21.9 Å². The monoisotopic (exact) mass is 363 g/mol. The van der Waals surface area contributed by atoms with Gasteiger partial charge in [0.2, 0.25) is 12.3 Å². The van der Waals surface area contributed by atoms with E-state index >= 15 is 0 Å². The number of ketones is 1. The van der Waals surface area contributed by atoms with Gasteiger partial charge in [0.05, 0.1) is 0 Å². The van der Waals surface area contributed by atoms with Crippen molar-refractivity contribution >= 4 is 17.4 Å². The SMILES string of the molecule is Cc1ccc(-c2nnco2)cc1NC(=O)C(=O)c1ccc(C(C)(C)C)cc1. The lowest BCUT2D eigenvalue weighted by molar-refractivity contribution is -0.112. The Labute approximate surface area is 157 Å². The number of carbonyl (C=O) groups is 2. The molecule has 1 amide bonds. The topological polar surface area (TPSA) is 85.1 Å². The van der Waals surface area contributed by atoms with Crippen molar-refractivity contribution in [3.63, 3.8) is 0 Å². The number of nitrogens with zero attached hydrogens (tertiary/aromatic N) is 2. The summed E-state index contributed by atoms with van der Waals surface area (Å²) in [6.07, 6.45) is 1.23. The lowest BCUT2D eigenvalue weighted by Crippen LogP contribution is -2.23. The number of nitrogens with one attached hydrogen (secondary N) is 1. The van der Waals surface area contributed by atoms with Crippen LogP contribution in [0.2, 0.25) is 0 Å². The van der Waals surface area contributed by atoms with Crippen LogP contribution < -0.4 is 5.32 Å². The van der Waals surface area contributed by atoms with E-state index in [2.05, 4.69) is 36.3 Å². The molecule has 0 aliphatic rings. The van der Waals surface area contributed by atoms with E-state index in [-0.39, 0.29) is 5.41 Å². The first-order chi connectivity index (χ1) is 12.8. The van der Waals surface area contributed by atoms with Crippen molar-refractivity contribution in [2.75, 3.05) is 5.32 Å². The van der Waals surface area contributed by atoms with E-state index in [0.29, 0.717) is 22.7 Å². The van der Waals surface area contributed by atoms with Gasteiger partial charge in [0.1, 0.15) is 0 Å². The molecule has 6 heteroatoms. The first-order valence-corrected chi connectivity index (χ1v) is 8.59. The summed E-state index contributed by atoms with van der Waals surface area (Å²) in [5, 5.41) is 10.2. The maximum atomic E-state index is 12.5. The number of aromatic nitrogens is 2. The van der Waals surface area contributed by atoms with E-state index < -0.39 is 11.7 Å². The molecule has 1 aromatic heterocycles. The van der Waals surface area contributed by atoms with Crippen LogP contribution in [0.25, 0.3) is 11.5 Å². The predicted molar refractivity (Wildman–Crippen MR) is 103 cm³/mol. The van der Waals surface area contributed by atoms with E-state index in [9.17, 15) is 9.59 Å². The Morgan fingerprint density at radius 3 is 2.33 bits per heavy atom. The molecule has 3 rings (SSSR count). The first kappa shape index (κ1) is 18.5. The van der Waals surface area contributed by atoms with Crippen LogP contribution in [0.15, 0.2) is 53.3 Å². The highest BCUT2D eigenvalue weighted by molar-refractivity contribution is 6.46. The highest BCUT2D eigenvalue weighted by atomic mass is 16.4. The number of hydrogen-bond donors (Lipinski definition) is 1. The molecule has 0 saturated heterocycles. The second-order valence-electron chi connectivity index (χ2n) is 7.38. The molecule has 0 aliphatic heterocycles. The van der Waals surface area contributed by atoms with Gasteiger partial charge in [-0.3, -0.25) is 9.59 Å². The van der Waals surface area contributed by atoms with E-state index in [1.165, 1.54) is 6.39 Å². The molecule has 2 aromatic carbocycles. The van der Waals surface area contributed by atoms with Gasteiger partial charge in [-0.05, 0) is 35.6 Å². The van der Waals surface area contributed by atoms with Crippen LogP contribution in [0.3, 0.4) is 0 Å². The minimum Gasteiger partial charge on any atom is -0.423 e. The molecule has 0 saturated carbocycles. The standard InChI is InChI=1S/C21H21N3O3/c1-13-5-6-15(20-24-22-12-27-20)11-17(13)23-19(26)18(25)14-7-9-16(10-8-14)21(2,3)4/h5-12H,1-4H3,(H,23,26). The Kier molecular flexibility index (Phi) is 4.90. The lowest BCUT2D eigenvalue weighted by Gasteiger charge is -2.18. The molecule has 0 atom stereocenters. The first-order valence-electron chi connectivity index (χ1n) is 8.59. The fraction of sp³-hybridized carbons (Fsp3) is 0.238. The van der Waals surface area contributed by atoms with E-state index in [1.807, 2.05) is 31.2 Å². The van der Waals surface area contributed by atoms with Gasteiger partial charge in [0.25, 0.3) is 11.7 Å². The number of anilines is 1. The Hall–Kier alpha value is -3.28. The van der Waals surface area contributed by atoms with Crippen molar-refractivity contribution in [2.45, 2.75) is 33.1 Å². The summed E-state index contributed by atoms with van der Waals surface area (Å²) in [6.45, 7) is 8.12. The van der Waals surface area contributed by atoms with Crippen molar-refractivity contribution in [1.82, 2.24) is 10.2 Å². The minimum atomic E-state index is -0.690. The fourth-order valence-electron chi connectivity index (χ4n) is 2.62. The number of benzene rings is 2. The van der Waals surface area contributed by atoms with Crippen LogP contribution >= 0.6 is 0 Å². The van der Waals surface area contributed by atoms with Crippen molar-refractivity contribution in [3.05, 3.63) is 65.5 Å². The zero-order valence-electron chi connectivity index (χ0n) is 15.7. The predicted octanol–water partition coefficient (Wildman–Crippen LogP) is 4.16. The average molecular weight is 363 g/mol. The molecule has 0 spiro atoms. The molecule has 1 N–H and O–H groups in total. The molecule has 0 fully saturated rings. The smallest absolute Gasteiger partial charge is 0.296 e. The van der Waals surface area contributed by atoms with Crippen LogP contribution in [0, 0.1) is 6.92 Å². The maximum absolute atomic E-state index is 12.5. The normalized spacial score (nSPS) is 11.3. The molecule has 1 heterocycles. The zero-order chi connectivity index (χ0) is 19.6. The number of hydrogen-bond acceptors (Lipinski definition) is 5. The molecule has 0 bridgehead atoms. The summed E-state index contributed by atoms with van der Waals surface area (Å²) in [5.74, 6) is -0.933. The number of Topliss-reactive ketones (excluding diaryl/α,β-unsaturated/α-hetero) is 1. The third-order valence-electron chi connectivity index (χ3n) is 4.31. The molecule has 6 nitrogen and oxygen atoms in total. The Balaban J connectivity index is 1.79. The van der Waals surface area contributed by atoms with Crippen LogP contribution in [0.1, 0.15) is 42.3 Å². The van der Waals surface area contributed by atoms with E-state index in [0.717, 1.165) is 11.1 Å². The van der Waals surface area contributed by atoms with Gasteiger partial charge in [0, 0.05) is 16.8 Å². The van der Waals surface area contributed by atoms with Gasteiger partial charge in [0.15, 0.2) is 0 Å². The van der Waals surface area contributed by atoms with Gasteiger partial charge >= 0.3 is 0 Å². The molecule has 0 radical (unpaired) electrons. The molecule has 0 unspecified atom stereocenters. The summed E-state index contributed by atoms with van der Waals surface area (Å²) >= 11 is 0. The average Bonchev–Trinajstić information content (AvgIpc) is 3.17. The van der Waals surface area contributed by atoms with Gasteiger partial charge in [-0.1, -0.05) is 51.1 Å². The van der Waals surface area contributed by atoms with Gasteiger partial charge in [-0.2, -0.15) is 0 Å². The zero-order valence-corrected chi connectivity index (χ0v) is 15.7. The van der Waals surface area contributed by atoms with Crippen molar-refractivity contribution < 1.29 is 14.0 Å². The highest BCUT2D eigenvalue weighted by Gasteiger charge is 2.19. The van der Waals surface area contributed by atoms with Crippen LogP contribution in [-0.2, 0) is 10.2 Å². The van der Waals surface area contributed by atoms with Gasteiger partial charge in [-0.15, -0.1) is 10.2 Å². The lowest BCUT2D eigenvalue weighted by atomic mass is 9.86. The van der Waals surface area contributed by atoms with Crippen molar-refractivity contribution in [2.24, 2.45) is 0 Å². The summed E-state index contributed by atoms with van der Waals surface area (Å²) in [4.78, 5) is 24.9. The third-order valence-corrected chi connectivity index (χ3v) is 4.31. The van der Waals surface area contributed by atoms with Crippen molar-refractivity contribution in [3.8, 4) is 11.5 Å². The number of rotatable bonds is 4. The third kappa shape index (κ3) is 4.11. The van der Waals surface area contributed by atoms with Crippen molar-refractivity contribution in [1.29, 1.82) is 0 Å². The second-order valence-corrected chi connectivity index (χ2v) is 7.38. The Morgan fingerprint density at radius 1 is 1.04 bits per heavy atom. The number of carbonyl (C=O) groups excluding carboxylic acids is 2. The Bertz CT molecular complexity index is 969. The van der Waals surface area contributed by atoms with Gasteiger partial charge < -0.3 is 9.73 Å². The van der Waals surface area contributed by atoms with Crippen LogP contribution in [0.4, 0.5) is 5.69 Å². The fourth-order valence-corrected chi connectivity index (χ4v) is 2.62. The second kappa shape index (κ2) is 7.15. The molecule has 27 heavy (non-hydrogen) atoms. The quantitative estimate of drug-likeness (QED) is 0.555. The Morgan fingerprint density at radius 2 is 1.74 bits per heavy atom. The molecule has 3 aromatic rings. The van der Waals surface area contributed by atoms with E-state index in [1.54, 1.807) is 18.2 Å². The highest BCUT2D eigenvalue weighted by Crippen LogP contribution is 2.25. The number of amides is 1. The van der Waals surface area contributed by atoms with E-state index in [4.69, 9.17) is 4.42 Å². The largest absolute Gasteiger partial charge is 0.423 e. The molecule has 0 aliphatic carbocycles. The maximum Gasteiger partial charge on any atom is 0.296 e.